The zero-order valence-corrected chi connectivity index (χ0v) is 14.1. The molecule has 7 heteroatoms. The lowest BCUT2D eigenvalue weighted by molar-refractivity contribution is 0.0951. The van der Waals surface area contributed by atoms with Crippen molar-refractivity contribution in [3.05, 3.63) is 34.2 Å². The second-order valence-electron chi connectivity index (χ2n) is 5.55. The third-order valence-electron chi connectivity index (χ3n) is 3.44. The Kier molecular flexibility index (Phi) is 4.40. The number of amides is 1. The molecular formula is C16H18N4O2S. The number of carbonyl (C=O) groups is 1. The summed E-state index contributed by atoms with van der Waals surface area (Å²) in [6.45, 7) is 3.34. The van der Waals surface area contributed by atoms with E-state index < -0.39 is 0 Å². The Labute approximate surface area is 138 Å². The molecule has 3 rings (SSSR count). The summed E-state index contributed by atoms with van der Waals surface area (Å²) in [5.41, 5.74) is 2.69. The summed E-state index contributed by atoms with van der Waals surface area (Å²) in [5, 5.41) is 10.7. The molecule has 0 aliphatic carbocycles. The van der Waals surface area contributed by atoms with Crippen LogP contribution in [0.1, 0.15) is 15.4 Å². The van der Waals surface area contributed by atoms with Crippen LogP contribution in [-0.4, -0.2) is 48.1 Å². The average Bonchev–Trinajstić information content (AvgIpc) is 3.11. The van der Waals surface area contributed by atoms with Gasteiger partial charge >= 0.3 is 0 Å². The number of hydrogen-bond acceptors (Lipinski definition) is 6. The lowest BCUT2D eigenvalue weighted by Crippen LogP contribution is -2.31. The summed E-state index contributed by atoms with van der Waals surface area (Å²) in [4.78, 5) is 18.7. The molecule has 1 aromatic carbocycles. The minimum absolute atomic E-state index is 0.102. The van der Waals surface area contributed by atoms with Crippen LogP contribution in [0.25, 0.3) is 22.4 Å². The second-order valence-corrected chi connectivity index (χ2v) is 6.62. The molecule has 2 heterocycles. The largest absolute Gasteiger partial charge is 0.356 e. The summed E-state index contributed by atoms with van der Waals surface area (Å²) < 4.78 is 5.34. The van der Waals surface area contributed by atoms with Crippen LogP contribution < -0.4 is 5.32 Å². The van der Waals surface area contributed by atoms with Gasteiger partial charge in [-0.25, -0.2) is 4.98 Å². The normalized spacial score (nSPS) is 11.3. The maximum absolute atomic E-state index is 12.2. The molecule has 3 aromatic rings. The first-order chi connectivity index (χ1) is 11.0. The van der Waals surface area contributed by atoms with E-state index in [1.165, 1.54) is 0 Å². The number of rotatable bonds is 5. The summed E-state index contributed by atoms with van der Waals surface area (Å²) in [5.74, 6) is -0.102. The lowest BCUT2D eigenvalue weighted by Gasteiger charge is -2.10. The number of nitrogens with one attached hydrogen (secondary N) is 1. The molecule has 0 saturated heterocycles. The number of benzene rings is 1. The molecule has 0 aliphatic rings. The molecule has 0 unspecified atom stereocenters. The Bertz CT molecular complexity index is 838. The van der Waals surface area contributed by atoms with Crippen molar-refractivity contribution in [2.45, 2.75) is 6.92 Å². The highest BCUT2D eigenvalue weighted by Crippen LogP contribution is 2.29. The molecule has 0 saturated carbocycles. The Morgan fingerprint density at radius 2 is 2.22 bits per heavy atom. The van der Waals surface area contributed by atoms with E-state index in [0.29, 0.717) is 23.4 Å². The number of aryl methyl sites for hydroxylation is 1. The van der Waals surface area contributed by atoms with Crippen LogP contribution in [0, 0.1) is 6.92 Å². The molecule has 0 atom stereocenters. The quantitative estimate of drug-likeness (QED) is 0.778. The number of hydrogen-bond donors (Lipinski definition) is 1. The van der Waals surface area contributed by atoms with Crippen molar-refractivity contribution in [1.82, 2.24) is 20.4 Å². The van der Waals surface area contributed by atoms with Crippen LogP contribution in [0.4, 0.5) is 0 Å². The first-order valence-electron chi connectivity index (χ1n) is 7.29. The number of carbonyl (C=O) groups excluding carboxylic acids is 1. The highest BCUT2D eigenvalue weighted by Gasteiger charge is 2.15. The highest BCUT2D eigenvalue weighted by molar-refractivity contribution is 7.09. The smallest absolute Gasteiger partial charge is 0.251 e. The Morgan fingerprint density at radius 1 is 1.39 bits per heavy atom. The maximum Gasteiger partial charge on any atom is 0.251 e. The predicted octanol–water partition coefficient (Wildman–Crippen LogP) is 2.55. The first kappa shape index (κ1) is 15.6. The maximum atomic E-state index is 12.2. The van der Waals surface area contributed by atoms with Gasteiger partial charge in [-0.3, -0.25) is 4.79 Å². The van der Waals surface area contributed by atoms with Crippen LogP contribution in [-0.2, 0) is 0 Å². The molecular weight excluding hydrogens is 312 g/mol. The molecule has 0 aliphatic heterocycles. The van der Waals surface area contributed by atoms with Gasteiger partial charge in [0.15, 0.2) is 5.58 Å². The van der Waals surface area contributed by atoms with Crippen LogP contribution >= 0.6 is 11.3 Å². The van der Waals surface area contributed by atoms with Gasteiger partial charge in [-0.2, -0.15) is 0 Å². The summed E-state index contributed by atoms with van der Waals surface area (Å²) >= 11 is 1.56. The minimum atomic E-state index is -0.102. The number of likely N-dealkylation sites (N-methyl/N-ethyl adjacent to an activating group) is 1. The van der Waals surface area contributed by atoms with E-state index >= 15 is 0 Å². The third-order valence-corrected chi connectivity index (χ3v) is 4.21. The van der Waals surface area contributed by atoms with Gasteiger partial charge in [-0.1, -0.05) is 5.16 Å². The van der Waals surface area contributed by atoms with Crippen LogP contribution in [0.2, 0.25) is 0 Å². The van der Waals surface area contributed by atoms with Crippen molar-refractivity contribution in [3.63, 3.8) is 0 Å². The van der Waals surface area contributed by atoms with Crippen molar-refractivity contribution in [1.29, 1.82) is 0 Å². The fourth-order valence-corrected chi connectivity index (χ4v) is 2.83. The predicted molar refractivity (Wildman–Crippen MR) is 90.7 cm³/mol. The van der Waals surface area contributed by atoms with E-state index in [0.717, 1.165) is 22.6 Å². The van der Waals surface area contributed by atoms with E-state index in [1.54, 1.807) is 29.5 Å². The molecule has 1 amide bonds. The number of aromatic nitrogens is 2. The van der Waals surface area contributed by atoms with Gasteiger partial charge in [0.2, 0.25) is 0 Å². The van der Waals surface area contributed by atoms with Gasteiger partial charge in [0.25, 0.3) is 5.91 Å². The highest BCUT2D eigenvalue weighted by atomic mass is 32.1. The summed E-state index contributed by atoms with van der Waals surface area (Å²) in [6.07, 6.45) is 0. The van der Waals surface area contributed by atoms with Gasteiger partial charge in [0, 0.05) is 24.0 Å². The number of thiazole rings is 1. The van der Waals surface area contributed by atoms with E-state index in [-0.39, 0.29) is 5.91 Å². The van der Waals surface area contributed by atoms with E-state index in [9.17, 15) is 4.79 Å². The standard InChI is InChI=1S/C16H18N4O2S/c1-10-18-13(9-23-10)15-12-8-11(4-5-14(12)22-19-15)16(21)17-6-7-20(2)3/h4-5,8-9H,6-7H2,1-3H3,(H,17,21). The molecule has 0 spiro atoms. The van der Waals surface area contributed by atoms with Crippen molar-refractivity contribution in [2.24, 2.45) is 0 Å². The van der Waals surface area contributed by atoms with Gasteiger partial charge in [-0.05, 0) is 39.2 Å². The number of fused-ring (bicyclic) bond motifs is 1. The molecule has 2 aromatic heterocycles. The van der Waals surface area contributed by atoms with Gasteiger partial charge in [0.1, 0.15) is 11.4 Å². The van der Waals surface area contributed by atoms with E-state index in [4.69, 9.17) is 4.52 Å². The topological polar surface area (TPSA) is 71.3 Å². The first-order valence-corrected chi connectivity index (χ1v) is 8.17. The zero-order valence-electron chi connectivity index (χ0n) is 13.3. The van der Waals surface area contributed by atoms with E-state index in [1.807, 2.05) is 31.3 Å². The lowest BCUT2D eigenvalue weighted by atomic mass is 10.1. The molecule has 0 bridgehead atoms. The van der Waals surface area contributed by atoms with Crippen LogP contribution in [0.15, 0.2) is 28.1 Å². The summed E-state index contributed by atoms with van der Waals surface area (Å²) in [6, 6.07) is 5.32. The van der Waals surface area contributed by atoms with Crippen LogP contribution in [0.5, 0.6) is 0 Å². The van der Waals surface area contributed by atoms with Gasteiger partial charge in [0.05, 0.1) is 10.4 Å². The Hall–Kier alpha value is -2.25. The summed E-state index contributed by atoms with van der Waals surface area (Å²) in [7, 11) is 3.94. The van der Waals surface area contributed by atoms with E-state index in [2.05, 4.69) is 15.5 Å². The number of nitrogens with zero attached hydrogens (tertiary/aromatic N) is 3. The second kappa shape index (κ2) is 6.47. The van der Waals surface area contributed by atoms with Crippen molar-refractivity contribution in [2.75, 3.05) is 27.2 Å². The van der Waals surface area contributed by atoms with Crippen molar-refractivity contribution in [3.8, 4) is 11.4 Å². The molecule has 120 valence electrons. The molecule has 23 heavy (non-hydrogen) atoms. The fraction of sp³-hybridized carbons (Fsp3) is 0.312. The SMILES string of the molecule is Cc1nc(-c2noc3ccc(C(=O)NCCN(C)C)cc23)cs1. The molecule has 1 N–H and O–H groups in total. The third kappa shape index (κ3) is 3.40. The van der Waals surface area contributed by atoms with Crippen molar-refractivity contribution < 1.29 is 9.32 Å². The Balaban J connectivity index is 1.87. The zero-order chi connectivity index (χ0) is 16.4. The van der Waals surface area contributed by atoms with Crippen molar-refractivity contribution >= 4 is 28.2 Å². The molecule has 6 nitrogen and oxygen atoms in total. The Morgan fingerprint density at radius 3 is 2.91 bits per heavy atom. The average molecular weight is 330 g/mol. The monoisotopic (exact) mass is 330 g/mol. The molecule has 0 radical (unpaired) electrons. The molecule has 0 fully saturated rings. The fourth-order valence-electron chi connectivity index (χ4n) is 2.23. The van der Waals surface area contributed by atoms with Gasteiger partial charge in [-0.15, -0.1) is 11.3 Å². The van der Waals surface area contributed by atoms with Gasteiger partial charge < -0.3 is 14.7 Å². The minimum Gasteiger partial charge on any atom is -0.356 e. The van der Waals surface area contributed by atoms with Crippen LogP contribution in [0.3, 0.4) is 0 Å².